The average molecular weight is 438 g/mol. The molecule has 0 aliphatic carbocycles. The number of carbonyl (C=O) groups excluding carboxylic acids is 1. The van der Waals surface area contributed by atoms with Crippen molar-refractivity contribution >= 4 is 52.5 Å². The molecule has 1 N–H and O–H groups in total. The summed E-state index contributed by atoms with van der Waals surface area (Å²) in [4.78, 5) is 17.0. The molecular formula is C20H15Cl3N2OS. The maximum absolute atomic E-state index is 12.6. The maximum atomic E-state index is 12.6. The summed E-state index contributed by atoms with van der Waals surface area (Å²) in [6.07, 6.45) is 1.67. The van der Waals surface area contributed by atoms with E-state index in [9.17, 15) is 4.79 Å². The molecule has 0 radical (unpaired) electrons. The normalized spacial score (nSPS) is 10.6. The van der Waals surface area contributed by atoms with E-state index < -0.39 is 0 Å². The van der Waals surface area contributed by atoms with Crippen molar-refractivity contribution < 1.29 is 4.79 Å². The fraction of sp³-hybridized carbons (Fsp3) is 0.100. The van der Waals surface area contributed by atoms with Crippen molar-refractivity contribution in [1.29, 1.82) is 0 Å². The van der Waals surface area contributed by atoms with Gasteiger partial charge in [-0.1, -0.05) is 59.1 Å². The van der Waals surface area contributed by atoms with Gasteiger partial charge in [-0.3, -0.25) is 4.79 Å². The molecule has 0 atom stereocenters. The predicted molar refractivity (Wildman–Crippen MR) is 113 cm³/mol. The highest BCUT2D eigenvalue weighted by molar-refractivity contribution is 7.98. The molecule has 27 heavy (non-hydrogen) atoms. The molecule has 1 amide bonds. The van der Waals surface area contributed by atoms with Crippen molar-refractivity contribution in [3.8, 4) is 0 Å². The number of aromatic nitrogens is 1. The van der Waals surface area contributed by atoms with Crippen molar-refractivity contribution in [3.05, 3.63) is 92.6 Å². The molecule has 3 aromatic rings. The number of hydrogen-bond acceptors (Lipinski definition) is 3. The molecule has 2 aromatic carbocycles. The van der Waals surface area contributed by atoms with Gasteiger partial charge in [0, 0.05) is 23.5 Å². The van der Waals surface area contributed by atoms with Gasteiger partial charge < -0.3 is 5.32 Å². The van der Waals surface area contributed by atoms with Gasteiger partial charge in [0.25, 0.3) is 5.91 Å². The minimum Gasteiger partial charge on any atom is -0.348 e. The fourth-order valence-electron chi connectivity index (χ4n) is 2.37. The van der Waals surface area contributed by atoms with E-state index in [2.05, 4.69) is 10.3 Å². The largest absolute Gasteiger partial charge is 0.348 e. The molecule has 1 heterocycles. The Bertz CT molecular complexity index is 965. The number of hydrogen-bond donors (Lipinski definition) is 1. The third kappa shape index (κ3) is 5.39. The molecule has 7 heteroatoms. The zero-order valence-corrected chi connectivity index (χ0v) is 17.2. The van der Waals surface area contributed by atoms with Gasteiger partial charge in [-0.2, -0.15) is 0 Å². The molecular weight excluding hydrogens is 423 g/mol. The summed E-state index contributed by atoms with van der Waals surface area (Å²) in [5, 5.41) is 5.19. The molecule has 1 aromatic heterocycles. The fourth-order valence-corrected chi connectivity index (χ4v) is 3.97. The summed E-state index contributed by atoms with van der Waals surface area (Å²) in [6, 6.07) is 16.4. The highest BCUT2D eigenvalue weighted by Gasteiger charge is 2.13. The van der Waals surface area contributed by atoms with E-state index in [0.29, 0.717) is 38.0 Å². The first kappa shape index (κ1) is 20.0. The van der Waals surface area contributed by atoms with Gasteiger partial charge >= 0.3 is 0 Å². The van der Waals surface area contributed by atoms with Gasteiger partial charge in [0.15, 0.2) is 0 Å². The summed E-state index contributed by atoms with van der Waals surface area (Å²) < 4.78 is 0. The van der Waals surface area contributed by atoms with E-state index in [-0.39, 0.29) is 5.91 Å². The van der Waals surface area contributed by atoms with Crippen LogP contribution in [0.3, 0.4) is 0 Å². The van der Waals surface area contributed by atoms with Crippen LogP contribution in [0.25, 0.3) is 0 Å². The lowest BCUT2D eigenvalue weighted by molar-refractivity contribution is 0.0947. The van der Waals surface area contributed by atoms with Crippen molar-refractivity contribution in [2.75, 3.05) is 0 Å². The molecule has 0 unspecified atom stereocenters. The number of nitrogens with zero attached hydrogens (tertiary/aromatic N) is 1. The van der Waals surface area contributed by atoms with Crippen molar-refractivity contribution in [2.24, 2.45) is 0 Å². The van der Waals surface area contributed by atoms with Gasteiger partial charge in [-0.25, -0.2) is 4.98 Å². The molecule has 0 saturated carbocycles. The van der Waals surface area contributed by atoms with Crippen LogP contribution in [0.4, 0.5) is 0 Å². The Kier molecular flexibility index (Phi) is 7.02. The number of halogens is 3. The Labute approximate surface area is 177 Å². The second-order valence-electron chi connectivity index (χ2n) is 5.67. The monoisotopic (exact) mass is 436 g/mol. The summed E-state index contributed by atoms with van der Waals surface area (Å²) in [6.45, 7) is 0.346. The van der Waals surface area contributed by atoms with Crippen LogP contribution in [0.1, 0.15) is 21.5 Å². The highest BCUT2D eigenvalue weighted by atomic mass is 35.5. The molecule has 0 saturated heterocycles. The van der Waals surface area contributed by atoms with Gasteiger partial charge in [0.2, 0.25) is 0 Å². The molecule has 0 fully saturated rings. The lowest BCUT2D eigenvalue weighted by atomic mass is 10.2. The van der Waals surface area contributed by atoms with E-state index in [0.717, 1.165) is 11.1 Å². The second-order valence-corrected chi connectivity index (χ2v) is 7.85. The standard InChI is InChI=1S/C20H15Cl3N2OS/c21-16-6-2-1-4-14(16)12-27-20-15(5-3-9-24-20)19(26)25-11-13-7-8-17(22)18(23)10-13/h1-10H,11-12H2,(H,25,26). The maximum Gasteiger partial charge on any atom is 0.254 e. The molecule has 0 bridgehead atoms. The Morgan fingerprint density at radius 2 is 1.78 bits per heavy atom. The second kappa shape index (κ2) is 9.47. The van der Waals surface area contributed by atoms with Crippen LogP contribution < -0.4 is 5.32 Å². The molecule has 0 aliphatic rings. The lowest BCUT2D eigenvalue weighted by Crippen LogP contribution is -2.23. The Morgan fingerprint density at radius 3 is 2.56 bits per heavy atom. The third-order valence-corrected chi connectivity index (χ3v) is 5.94. The van der Waals surface area contributed by atoms with Crippen molar-refractivity contribution in [1.82, 2.24) is 10.3 Å². The van der Waals surface area contributed by atoms with Gasteiger partial charge in [-0.15, -0.1) is 11.8 Å². The molecule has 0 aliphatic heterocycles. The van der Waals surface area contributed by atoms with Crippen LogP contribution in [0.5, 0.6) is 0 Å². The SMILES string of the molecule is O=C(NCc1ccc(Cl)c(Cl)c1)c1cccnc1SCc1ccccc1Cl. The van der Waals surface area contributed by atoms with E-state index in [4.69, 9.17) is 34.8 Å². The summed E-state index contributed by atoms with van der Waals surface area (Å²) in [5.41, 5.74) is 2.39. The molecule has 3 nitrogen and oxygen atoms in total. The summed E-state index contributed by atoms with van der Waals surface area (Å²) in [7, 11) is 0. The number of amides is 1. The number of thioether (sulfide) groups is 1. The number of benzene rings is 2. The quantitative estimate of drug-likeness (QED) is 0.462. The van der Waals surface area contributed by atoms with Gasteiger partial charge in [0.1, 0.15) is 5.03 Å². The Morgan fingerprint density at radius 1 is 0.963 bits per heavy atom. The minimum atomic E-state index is -0.198. The average Bonchev–Trinajstić information content (AvgIpc) is 2.68. The summed E-state index contributed by atoms with van der Waals surface area (Å²) >= 11 is 19.6. The number of carbonyl (C=O) groups is 1. The van der Waals surface area contributed by atoms with E-state index in [1.165, 1.54) is 11.8 Å². The predicted octanol–water partition coefficient (Wildman–Crippen LogP) is 6.26. The van der Waals surface area contributed by atoms with Crippen molar-refractivity contribution in [3.63, 3.8) is 0 Å². The van der Waals surface area contributed by atoms with E-state index in [1.807, 2.05) is 30.3 Å². The highest BCUT2D eigenvalue weighted by Crippen LogP contribution is 2.27. The number of nitrogens with one attached hydrogen (secondary N) is 1. The van der Waals surface area contributed by atoms with Gasteiger partial charge in [-0.05, 0) is 41.5 Å². The number of rotatable bonds is 6. The summed E-state index contributed by atoms with van der Waals surface area (Å²) in [5.74, 6) is 0.430. The van der Waals surface area contributed by atoms with Crippen LogP contribution in [-0.2, 0) is 12.3 Å². The molecule has 3 rings (SSSR count). The number of pyridine rings is 1. The van der Waals surface area contributed by atoms with Gasteiger partial charge in [0.05, 0.1) is 15.6 Å². The zero-order chi connectivity index (χ0) is 19.2. The van der Waals surface area contributed by atoms with E-state index >= 15 is 0 Å². The Balaban J connectivity index is 1.68. The third-order valence-electron chi connectivity index (χ3n) is 3.78. The Hall–Kier alpha value is -1.72. The molecule has 138 valence electrons. The lowest BCUT2D eigenvalue weighted by Gasteiger charge is -2.10. The van der Waals surface area contributed by atoms with Crippen molar-refractivity contribution in [2.45, 2.75) is 17.3 Å². The van der Waals surface area contributed by atoms with Crippen LogP contribution in [0.2, 0.25) is 15.1 Å². The van der Waals surface area contributed by atoms with Crippen LogP contribution in [-0.4, -0.2) is 10.9 Å². The first-order chi connectivity index (χ1) is 13.0. The smallest absolute Gasteiger partial charge is 0.254 e. The minimum absolute atomic E-state index is 0.198. The van der Waals surface area contributed by atoms with Crippen LogP contribution >= 0.6 is 46.6 Å². The first-order valence-electron chi connectivity index (χ1n) is 8.08. The van der Waals surface area contributed by atoms with Crippen LogP contribution in [0, 0.1) is 0 Å². The topological polar surface area (TPSA) is 42.0 Å². The zero-order valence-electron chi connectivity index (χ0n) is 14.1. The molecule has 0 spiro atoms. The van der Waals surface area contributed by atoms with Crippen LogP contribution in [0.15, 0.2) is 65.8 Å². The van der Waals surface area contributed by atoms with E-state index in [1.54, 1.807) is 30.5 Å². The first-order valence-corrected chi connectivity index (χ1v) is 10.2.